The minimum Gasteiger partial charge on any atom is -0.493 e. The molecule has 102 valence electrons. The zero-order chi connectivity index (χ0) is 13.8. The Kier molecular flexibility index (Phi) is 4.22. The van der Waals surface area contributed by atoms with Crippen LogP contribution in [0.25, 0.3) is 6.08 Å². The number of hydrogen-bond acceptors (Lipinski definition) is 3. The van der Waals surface area contributed by atoms with Crippen molar-refractivity contribution in [3.63, 3.8) is 0 Å². The number of rotatable bonds is 4. The van der Waals surface area contributed by atoms with Gasteiger partial charge < -0.3 is 14.7 Å². The fourth-order valence-electron chi connectivity index (χ4n) is 2.09. The second-order valence-corrected chi connectivity index (χ2v) is 4.87. The van der Waals surface area contributed by atoms with Crippen LogP contribution in [0.15, 0.2) is 24.3 Å². The quantitative estimate of drug-likeness (QED) is 0.835. The fourth-order valence-corrected chi connectivity index (χ4v) is 2.09. The average molecular weight is 261 g/mol. The van der Waals surface area contributed by atoms with E-state index in [2.05, 4.69) is 0 Å². The summed E-state index contributed by atoms with van der Waals surface area (Å²) in [6.45, 7) is 2.73. The molecule has 4 nitrogen and oxygen atoms in total. The minimum absolute atomic E-state index is 0.113. The third-order valence-electron chi connectivity index (χ3n) is 3.05. The van der Waals surface area contributed by atoms with Crippen molar-refractivity contribution in [3.8, 4) is 5.75 Å². The maximum absolute atomic E-state index is 11.8. The molecule has 0 spiro atoms. The number of ether oxygens (including phenoxy) is 1. The van der Waals surface area contributed by atoms with Crippen LogP contribution in [0.3, 0.4) is 0 Å². The first kappa shape index (κ1) is 13.6. The third-order valence-corrected chi connectivity index (χ3v) is 3.05. The fraction of sp³-hybridized carbons (Fsp3) is 0.400. The number of likely N-dealkylation sites (N-methyl/N-ethyl adjacent to an activating group) is 1. The molecule has 1 unspecified atom stereocenters. The first-order valence-electron chi connectivity index (χ1n) is 6.43. The van der Waals surface area contributed by atoms with Crippen LogP contribution < -0.4 is 4.74 Å². The molecule has 0 aromatic heterocycles. The van der Waals surface area contributed by atoms with E-state index in [-0.39, 0.29) is 5.91 Å². The Morgan fingerprint density at radius 1 is 1.58 bits per heavy atom. The summed E-state index contributed by atoms with van der Waals surface area (Å²) < 4.78 is 5.43. The molecule has 0 fully saturated rings. The van der Waals surface area contributed by atoms with Gasteiger partial charge in [0.1, 0.15) is 5.75 Å². The topological polar surface area (TPSA) is 49.8 Å². The van der Waals surface area contributed by atoms with Crippen molar-refractivity contribution in [2.45, 2.75) is 19.4 Å². The van der Waals surface area contributed by atoms with E-state index in [1.54, 1.807) is 20.0 Å². The predicted octanol–water partition coefficient (Wildman–Crippen LogP) is 1.47. The second-order valence-electron chi connectivity index (χ2n) is 4.87. The van der Waals surface area contributed by atoms with Crippen molar-refractivity contribution in [1.82, 2.24) is 4.90 Å². The van der Waals surface area contributed by atoms with Crippen LogP contribution in [0, 0.1) is 0 Å². The van der Waals surface area contributed by atoms with E-state index in [0.717, 1.165) is 24.3 Å². The Balaban J connectivity index is 2.00. The Bertz CT molecular complexity index is 494. The summed E-state index contributed by atoms with van der Waals surface area (Å²) in [5, 5.41) is 9.23. The van der Waals surface area contributed by atoms with Gasteiger partial charge in [-0.3, -0.25) is 4.79 Å². The molecule has 0 saturated heterocycles. The summed E-state index contributed by atoms with van der Waals surface area (Å²) in [5.74, 6) is 0.826. The lowest BCUT2D eigenvalue weighted by molar-refractivity contribution is -0.125. The van der Waals surface area contributed by atoms with E-state index in [1.165, 1.54) is 16.5 Å². The van der Waals surface area contributed by atoms with Gasteiger partial charge in [0.15, 0.2) is 0 Å². The lowest BCUT2D eigenvalue weighted by atomic mass is 10.1. The number of carbonyl (C=O) groups is 1. The van der Waals surface area contributed by atoms with Gasteiger partial charge in [-0.2, -0.15) is 0 Å². The molecule has 2 rings (SSSR count). The van der Waals surface area contributed by atoms with Gasteiger partial charge in [-0.1, -0.05) is 6.07 Å². The number of nitrogens with zero attached hydrogens (tertiary/aromatic N) is 1. The van der Waals surface area contributed by atoms with Gasteiger partial charge in [-0.15, -0.1) is 0 Å². The highest BCUT2D eigenvalue weighted by Crippen LogP contribution is 2.26. The van der Waals surface area contributed by atoms with Crippen LogP contribution in [-0.2, 0) is 11.2 Å². The van der Waals surface area contributed by atoms with Crippen molar-refractivity contribution in [3.05, 3.63) is 35.4 Å². The van der Waals surface area contributed by atoms with Gasteiger partial charge in [0.05, 0.1) is 12.7 Å². The molecule has 1 aliphatic heterocycles. The van der Waals surface area contributed by atoms with Gasteiger partial charge in [-0.25, -0.2) is 0 Å². The van der Waals surface area contributed by atoms with Crippen LogP contribution in [-0.4, -0.2) is 42.2 Å². The molecule has 1 N–H and O–H groups in total. The summed E-state index contributed by atoms with van der Waals surface area (Å²) in [5.41, 5.74) is 2.18. The highest BCUT2D eigenvalue weighted by molar-refractivity contribution is 5.91. The highest BCUT2D eigenvalue weighted by Gasteiger charge is 2.11. The monoisotopic (exact) mass is 261 g/mol. The van der Waals surface area contributed by atoms with Crippen LogP contribution >= 0.6 is 0 Å². The molecule has 0 saturated carbocycles. The van der Waals surface area contributed by atoms with E-state index in [0.29, 0.717) is 6.54 Å². The molecule has 1 aliphatic rings. The molecule has 1 aromatic carbocycles. The van der Waals surface area contributed by atoms with Gasteiger partial charge in [0.25, 0.3) is 0 Å². The standard InChI is InChI=1S/C15H19NO3/c1-11(17)10-16(2)15(18)6-4-12-3-5-14-13(9-12)7-8-19-14/h3-6,9,11,17H,7-8,10H2,1-2H3. The molecule has 1 atom stereocenters. The molecule has 0 aliphatic carbocycles. The molecular weight excluding hydrogens is 242 g/mol. The van der Waals surface area contributed by atoms with E-state index in [9.17, 15) is 9.90 Å². The first-order valence-corrected chi connectivity index (χ1v) is 6.43. The van der Waals surface area contributed by atoms with Crippen molar-refractivity contribution in [1.29, 1.82) is 0 Å². The van der Waals surface area contributed by atoms with Crippen molar-refractivity contribution in [2.24, 2.45) is 0 Å². The second kappa shape index (κ2) is 5.89. The van der Waals surface area contributed by atoms with E-state index < -0.39 is 6.10 Å². The van der Waals surface area contributed by atoms with Crippen molar-refractivity contribution in [2.75, 3.05) is 20.2 Å². The van der Waals surface area contributed by atoms with Gasteiger partial charge in [0.2, 0.25) is 5.91 Å². The summed E-state index contributed by atoms with van der Waals surface area (Å²) in [6, 6.07) is 5.91. The average Bonchev–Trinajstić information content (AvgIpc) is 2.82. The first-order chi connectivity index (χ1) is 9.06. The molecular formula is C15H19NO3. The van der Waals surface area contributed by atoms with Crippen molar-refractivity contribution >= 4 is 12.0 Å². The normalized spacial score (nSPS) is 15.1. The number of hydrogen-bond donors (Lipinski definition) is 1. The number of aliphatic hydroxyl groups is 1. The molecule has 1 heterocycles. The highest BCUT2D eigenvalue weighted by atomic mass is 16.5. The number of fused-ring (bicyclic) bond motifs is 1. The summed E-state index contributed by atoms with van der Waals surface area (Å²) in [6.07, 6.45) is 3.73. The predicted molar refractivity (Wildman–Crippen MR) is 74.0 cm³/mol. The molecule has 19 heavy (non-hydrogen) atoms. The van der Waals surface area contributed by atoms with Gasteiger partial charge in [0, 0.05) is 26.1 Å². The summed E-state index contributed by atoms with van der Waals surface area (Å²) >= 11 is 0. The molecule has 0 bridgehead atoms. The lowest BCUT2D eigenvalue weighted by Gasteiger charge is -2.16. The number of carbonyl (C=O) groups excluding carboxylic acids is 1. The number of benzene rings is 1. The Hall–Kier alpha value is -1.81. The largest absolute Gasteiger partial charge is 0.493 e. The molecule has 0 radical (unpaired) electrons. The van der Waals surface area contributed by atoms with Crippen LogP contribution in [0.5, 0.6) is 5.75 Å². The Morgan fingerprint density at radius 2 is 2.37 bits per heavy atom. The Labute approximate surface area is 113 Å². The third kappa shape index (κ3) is 3.58. The van der Waals surface area contributed by atoms with Gasteiger partial charge >= 0.3 is 0 Å². The number of amides is 1. The van der Waals surface area contributed by atoms with Crippen LogP contribution in [0.4, 0.5) is 0 Å². The summed E-state index contributed by atoms with van der Waals surface area (Å²) in [7, 11) is 1.68. The van der Waals surface area contributed by atoms with Crippen molar-refractivity contribution < 1.29 is 14.6 Å². The minimum atomic E-state index is -0.514. The maximum Gasteiger partial charge on any atom is 0.246 e. The van der Waals surface area contributed by atoms with Crippen LogP contribution in [0.1, 0.15) is 18.1 Å². The summed E-state index contributed by atoms with van der Waals surface area (Å²) in [4.78, 5) is 13.3. The SMILES string of the molecule is CC(O)CN(C)C(=O)C=Cc1ccc2c(c1)CCO2. The lowest BCUT2D eigenvalue weighted by Crippen LogP contribution is -2.31. The van der Waals surface area contributed by atoms with E-state index in [1.807, 2.05) is 18.2 Å². The maximum atomic E-state index is 11.8. The molecule has 1 amide bonds. The zero-order valence-corrected chi connectivity index (χ0v) is 11.3. The zero-order valence-electron chi connectivity index (χ0n) is 11.3. The van der Waals surface area contributed by atoms with E-state index in [4.69, 9.17) is 4.74 Å². The molecule has 1 aromatic rings. The van der Waals surface area contributed by atoms with Gasteiger partial charge in [-0.05, 0) is 36.3 Å². The van der Waals surface area contributed by atoms with E-state index >= 15 is 0 Å². The molecule has 4 heteroatoms. The Morgan fingerprint density at radius 3 is 3.11 bits per heavy atom. The van der Waals surface area contributed by atoms with Crippen LogP contribution in [0.2, 0.25) is 0 Å². The smallest absolute Gasteiger partial charge is 0.246 e. The number of aliphatic hydroxyl groups excluding tert-OH is 1.